The number of hydrogen-bond acceptors (Lipinski definition) is 6. The summed E-state index contributed by atoms with van der Waals surface area (Å²) in [4.78, 5) is 4.47. The van der Waals surface area contributed by atoms with Crippen LogP contribution in [0, 0.1) is 0 Å². The van der Waals surface area contributed by atoms with Gasteiger partial charge in [0.1, 0.15) is 0 Å². The van der Waals surface area contributed by atoms with Crippen molar-refractivity contribution in [3.63, 3.8) is 0 Å². The molecule has 0 saturated heterocycles. The van der Waals surface area contributed by atoms with Crippen molar-refractivity contribution in [3.8, 4) is 17.1 Å². The number of benzene rings is 2. The Bertz CT molecular complexity index is 933. The molecule has 126 valence electrons. The molecule has 0 aliphatic carbocycles. The molecular formula is C17H12Cl2N4OS. The predicted molar refractivity (Wildman–Crippen MR) is 100 cm³/mol. The average Bonchev–Trinajstić information content (AvgIpc) is 2.77. The van der Waals surface area contributed by atoms with Crippen molar-refractivity contribution in [2.45, 2.75) is 11.4 Å². The molecule has 0 spiro atoms. The molecule has 2 aromatic carbocycles. The number of thioether (sulfide) groups is 1. The van der Waals surface area contributed by atoms with E-state index in [0.29, 0.717) is 32.3 Å². The standard InChI is InChI=1S/C17H12Cl2N4OS/c1-25-17-21-16-14(22-23-17)9-5-2-3-8-12(9)20-15(24-16)13-10(18)6-4-7-11(13)19/h2-8,15,20H,1H3/t15-/m1/s1. The van der Waals surface area contributed by atoms with E-state index in [0.717, 1.165) is 11.3 Å². The monoisotopic (exact) mass is 390 g/mol. The summed E-state index contributed by atoms with van der Waals surface area (Å²) in [6.07, 6.45) is 1.28. The van der Waals surface area contributed by atoms with E-state index in [1.165, 1.54) is 11.8 Å². The van der Waals surface area contributed by atoms with E-state index in [-0.39, 0.29) is 0 Å². The molecule has 4 rings (SSSR count). The average molecular weight is 391 g/mol. The fraction of sp³-hybridized carbons (Fsp3) is 0.118. The predicted octanol–water partition coefficient (Wildman–Crippen LogP) is 5.07. The second-order valence-electron chi connectivity index (χ2n) is 5.28. The number of aromatic nitrogens is 3. The molecule has 1 aliphatic rings. The molecule has 25 heavy (non-hydrogen) atoms. The summed E-state index contributed by atoms with van der Waals surface area (Å²) in [6.45, 7) is 0. The Morgan fingerprint density at radius 2 is 1.80 bits per heavy atom. The molecule has 0 saturated carbocycles. The Morgan fingerprint density at radius 1 is 1.04 bits per heavy atom. The van der Waals surface area contributed by atoms with Crippen LogP contribution in [0.2, 0.25) is 10.0 Å². The number of halogens is 2. The normalized spacial score (nSPS) is 15.4. The van der Waals surface area contributed by atoms with Gasteiger partial charge in [0, 0.05) is 11.3 Å². The Morgan fingerprint density at radius 3 is 2.56 bits per heavy atom. The first-order valence-electron chi connectivity index (χ1n) is 7.42. The largest absolute Gasteiger partial charge is 0.448 e. The molecule has 5 nitrogen and oxygen atoms in total. The Hall–Kier alpha value is -2.02. The van der Waals surface area contributed by atoms with Crippen molar-refractivity contribution in [2.24, 2.45) is 0 Å². The number of para-hydroxylation sites is 1. The number of nitrogens with one attached hydrogen (secondary N) is 1. The van der Waals surface area contributed by atoms with E-state index in [9.17, 15) is 0 Å². The van der Waals surface area contributed by atoms with E-state index in [4.69, 9.17) is 27.9 Å². The zero-order chi connectivity index (χ0) is 17.4. The van der Waals surface area contributed by atoms with Crippen LogP contribution in [0.3, 0.4) is 0 Å². The number of anilines is 1. The molecule has 0 bridgehead atoms. The first-order chi connectivity index (χ1) is 12.2. The molecule has 3 aromatic rings. The maximum atomic E-state index is 6.37. The van der Waals surface area contributed by atoms with Crippen molar-refractivity contribution in [1.82, 2.24) is 15.2 Å². The van der Waals surface area contributed by atoms with Crippen LogP contribution >= 0.6 is 35.0 Å². The topological polar surface area (TPSA) is 59.9 Å². The van der Waals surface area contributed by atoms with Crippen LogP contribution in [0.5, 0.6) is 5.88 Å². The van der Waals surface area contributed by atoms with Crippen molar-refractivity contribution in [1.29, 1.82) is 0 Å². The van der Waals surface area contributed by atoms with Crippen LogP contribution in [-0.4, -0.2) is 21.4 Å². The number of ether oxygens (including phenoxy) is 1. The fourth-order valence-corrected chi connectivity index (χ4v) is 3.52. The minimum absolute atomic E-state index is 0.387. The SMILES string of the molecule is CSc1nnc2c(n1)O[C@H](c1c(Cl)cccc1Cl)Nc1ccccc1-2. The minimum atomic E-state index is -0.602. The molecule has 8 heteroatoms. The van der Waals surface area contributed by atoms with E-state index >= 15 is 0 Å². The van der Waals surface area contributed by atoms with E-state index in [2.05, 4.69) is 20.5 Å². The van der Waals surface area contributed by atoms with Crippen LogP contribution in [0.25, 0.3) is 11.3 Å². The number of rotatable bonds is 2. The number of nitrogens with zero attached hydrogens (tertiary/aromatic N) is 3. The van der Waals surface area contributed by atoms with Gasteiger partial charge in [-0.3, -0.25) is 0 Å². The summed E-state index contributed by atoms with van der Waals surface area (Å²) in [6, 6.07) is 13.1. The first-order valence-corrected chi connectivity index (χ1v) is 9.40. The summed E-state index contributed by atoms with van der Waals surface area (Å²) in [5.74, 6) is 0.387. The molecular weight excluding hydrogens is 379 g/mol. The maximum absolute atomic E-state index is 6.37. The molecule has 0 unspecified atom stereocenters. The second-order valence-corrected chi connectivity index (χ2v) is 6.86. The third-order valence-corrected chi connectivity index (χ3v) is 4.98. The van der Waals surface area contributed by atoms with Crippen molar-refractivity contribution < 1.29 is 4.74 Å². The minimum Gasteiger partial charge on any atom is -0.448 e. The Balaban J connectivity index is 1.91. The molecule has 1 aliphatic heterocycles. The van der Waals surface area contributed by atoms with Crippen LogP contribution in [-0.2, 0) is 0 Å². The fourth-order valence-electron chi connectivity index (χ4n) is 2.63. The summed E-state index contributed by atoms with van der Waals surface area (Å²) in [5.41, 5.74) is 2.93. The quantitative estimate of drug-likeness (QED) is 0.616. The second kappa shape index (κ2) is 6.71. The molecule has 0 fully saturated rings. The molecule has 0 radical (unpaired) electrons. The third-order valence-electron chi connectivity index (χ3n) is 3.78. The number of hydrogen-bond donors (Lipinski definition) is 1. The Kier molecular flexibility index (Phi) is 4.41. The van der Waals surface area contributed by atoms with E-state index < -0.39 is 6.23 Å². The van der Waals surface area contributed by atoms with Gasteiger partial charge in [0.05, 0.1) is 15.6 Å². The lowest BCUT2D eigenvalue weighted by Gasteiger charge is -2.21. The van der Waals surface area contributed by atoms with Crippen LogP contribution < -0.4 is 10.1 Å². The molecule has 1 aromatic heterocycles. The lowest BCUT2D eigenvalue weighted by atomic mass is 10.1. The highest BCUT2D eigenvalue weighted by molar-refractivity contribution is 7.98. The van der Waals surface area contributed by atoms with Gasteiger partial charge in [-0.05, 0) is 24.5 Å². The van der Waals surface area contributed by atoms with E-state index in [1.54, 1.807) is 18.2 Å². The summed E-state index contributed by atoms with van der Waals surface area (Å²) in [5, 5.41) is 13.3. The van der Waals surface area contributed by atoms with Gasteiger partial charge in [0.2, 0.25) is 17.3 Å². The highest BCUT2D eigenvalue weighted by Crippen LogP contribution is 2.42. The van der Waals surface area contributed by atoms with Gasteiger partial charge < -0.3 is 10.1 Å². The summed E-state index contributed by atoms with van der Waals surface area (Å²) >= 11 is 14.1. The van der Waals surface area contributed by atoms with Crippen molar-refractivity contribution in [2.75, 3.05) is 11.6 Å². The lowest BCUT2D eigenvalue weighted by molar-refractivity contribution is 0.225. The molecule has 1 atom stereocenters. The van der Waals surface area contributed by atoms with Crippen molar-refractivity contribution >= 4 is 40.7 Å². The van der Waals surface area contributed by atoms with Gasteiger partial charge in [-0.1, -0.05) is 59.2 Å². The molecule has 2 heterocycles. The zero-order valence-electron chi connectivity index (χ0n) is 13.0. The zero-order valence-corrected chi connectivity index (χ0v) is 15.4. The number of fused-ring (bicyclic) bond motifs is 3. The summed E-state index contributed by atoms with van der Waals surface area (Å²) < 4.78 is 6.12. The van der Waals surface area contributed by atoms with Gasteiger partial charge in [0.25, 0.3) is 0 Å². The van der Waals surface area contributed by atoms with Gasteiger partial charge in [0.15, 0.2) is 5.69 Å². The smallest absolute Gasteiger partial charge is 0.247 e. The highest BCUT2D eigenvalue weighted by Gasteiger charge is 2.28. The van der Waals surface area contributed by atoms with Crippen molar-refractivity contribution in [3.05, 3.63) is 58.1 Å². The van der Waals surface area contributed by atoms with Gasteiger partial charge in [-0.15, -0.1) is 10.2 Å². The summed E-state index contributed by atoms with van der Waals surface area (Å²) in [7, 11) is 0. The maximum Gasteiger partial charge on any atom is 0.247 e. The van der Waals surface area contributed by atoms with Gasteiger partial charge >= 0.3 is 0 Å². The third kappa shape index (κ3) is 3.01. The lowest BCUT2D eigenvalue weighted by Crippen LogP contribution is -2.18. The van der Waals surface area contributed by atoms with Gasteiger partial charge in [-0.25, -0.2) is 0 Å². The molecule has 0 amide bonds. The molecule has 1 N–H and O–H groups in total. The highest BCUT2D eigenvalue weighted by atomic mass is 35.5. The van der Waals surface area contributed by atoms with Crippen LogP contribution in [0.4, 0.5) is 5.69 Å². The van der Waals surface area contributed by atoms with Crippen LogP contribution in [0.1, 0.15) is 11.8 Å². The van der Waals surface area contributed by atoms with Crippen LogP contribution in [0.15, 0.2) is 47.6 Å². The van der Waals surface area contributed by atoms with E-state index in [1.807, 2.05) is 30.5 Å². The Labute approximate surface area is 158 Å². The first kappa shape index (κ1) is 16.4. The van der Waals surface area contributed by atoms with Gasteiger partial charge in [-0.2, -0.15) is 4.98 Å².